The van der Waals surface area contributed by atoms with Crippen LogP contribution in [0.2, 0.25) is 0 Å². The summed E-state index contributed by atoms with van der Waals surface area (Å²) in [5.74, 6) is -0.947. The van der Waals surface area contributed by atoms with Crippen molar-refractivity contribution in [3.05, 3.63) is 39.2 Å². The van der Waals surface area contributed by atoms with Crippen molar-refractivity contribution in [1.82, 2.24) is 9.55 Å². The normalized spacial score (nSPS) is 11.7. The number of rotatable bonds is 3. The summed E-state index contributed by atoms with van der Waals surface area (Å²) in [5.41, 5.74) is -0.583. The highest BCUT2D eigenvalue weighted by Gasteiger charge is 2.31. The number of halogens is 4. The molecular weight excluding hydrogens is 400 g/mol. The minimum Gasteiger partial charge on any atom is -0.476 e. The highest BCUT2D eigenvalue weighted by molar-refractivity contribution is 14.1. The van der Waals surface area contributed by atoms with Gasteiger partial charge >= 0.3 is 12.1 Å². The summed E-state index contributed by atoms with van der Waals surface area (Å²) < 4.78 is 39.9. The topological polar surface area (TPSA) is 55.1 Å². The van der Waals surface area contributed by atoms with Crippen molar-refractivity contribution in [2.45, 2.75) is 19.6 Å². The highest BCUT2D eigenvalue weighted by Crippen LogP contribution is 2.32. The minimum atomic E-state index is -4.46. The number of nitrogens with zero attached hydrogens (tertiary/aromatic N) is 2. The third-order valence-electron chi connectivity index (χ3n) is 2.89. The summed E-state index contributed by atoms with van der Waals surface area (Å²) in [6.45, 7) is 2.00. The summed E-state index contributed by atoms with van der Waals surface area (Å²) in [6.07, 6.45) is -4.46. The lowest BCUT2D eigenvalue weighted by atomic mass is 10.1. The number of aromatic carboxylic acids is 1. The van der Waals surface area contributed by atoms with Gasteiger partial charge in [-0.3, -0.25) is 0 Å². The van der Waals surface area contributed by atoms with Gasteiger partial charge < -0.3 is 9.67 Å². The number of hydrogen-bond donors (Lipinski definition) is 1. The Kier molecular flexibility index (Phi) is 4.26. The van der Waals surface area contributed by atoms with Crippen LogP contribution in [0.3, 0.4) is 0 Å². The highest BCUT2D eigenvalue weighted by atomic mass is 127. The SMILES string of the molecule is CCn1c(-c2cccc(C(F)(F)F)c2)nc(I)c1C(=O)O. The summed E-state index contributed by atoms with van der Waals surface area (Å²) in [4.78, 5) is 15.3. The Morgan fingerprint density at radius 3 is 2.62 bits per heavy atom. The fourth-order valence-electron chi connectivity index (χ4n) is 1.99. The molecule has 1 N–H and O–H groups in total. The number of carbonyl (C=O) groups is 1. The Balaban J connectivity index is 2.63. The van der Waals surface area contributed by atoms with Crippen LogP contribution in [-0.2, 0) is 12.7 Å². The summed E-state index contributed by atoms with van der Waals surface area (Å²) >= 11 is 1.76. The van der Waals surface area contributed by atoms with Crippen LogP contribution in [0.15, 0.2) is 24.3 Å². The molecule has 2 aromatic rings. The van der Waals surface area contributed by atoms with Crippen LogP contribution in [-0.4, -0.2) is 20.6 Å². The lowest BCUT2D eigenvalue weighted by molar-refractivity contribution is -0.137. The van der Waals surface area contributed by atoms with Crippen LogP contribution in [0.25, 0.3) is 11.4 Å². The van der Waals surface area contributed by atoms with Crippen molar-refractivity contribution in [1.29, 1.82) is 0 Å². The second kappa shape index (κ2) is 5.66. The number of carboxylic acids is 1. The Morgan fingerprint density at radius 1 is 1.43 bits per heavy atom. The van der Waals surface area contributed by atoms with Crippen LogP contribution < -0.4 is 0 Å². The largest absolute Gasteiger partial charge is 0.476 e. The van der Waals surface area contributed by atoms with Crippen molar-refractivity contribution < 1.29 is 23.1 Å². The van der Waals surface area contributed by atoms with Crippen molar-refractivity contribution in [3.8, 4) is 11.4 Å². The maximum atomic E-state index is 12.8. The zero-order valence-electron chi connectivity index (χ0n) is 10.8. The predicted molar refractivity (Wildman–Crippen MR) is 78.0 cm³/mol. The lowest BCUT2D eigenvalue weighted by Crippen LogP contribution is -2.10. The maximum absolute atomic E-state index is 12.8. The van der Waals surface area contributed by atoms with Gasteiger partial charge in [0.25, 0.3) is 0 Å². The third-order valence-corrected chi connectivity index (χ3v) is 3.64. The van der Waals surface area contributed by atoms with E-state index in [1.165, 1.54) is 16.7 Å². The van der Waals surface area contributed by atoms with E-state index in [9.17, 15) is 23.1 Å². The number of imidazole rings is 1. The summed E-state index contributed by atoms with van der Waals surface area (Å²) in [5, 5.41) is 9.18. The molecule has 0 aliphatic rings. The number of alkyl halides is 3. The molecule has 4 nitrogen and oxygen atoms in total. The van der Waals surface area contributed by atoms with Gasteiger partial charge in [0, 0.05) is 12.1 Å². The molecule has 0 atom stereocenters. The molecule has 2 rings (SSSR count). The second-order valence-corrected chi connectivity index (χ2v) is 5.22. The smallest absolute Gasteiger partial charge is 0.416 e. The van der Waals surface area contributed by atoms with Gasteiger partial charge in [-0.2, -0.15) is 13.2 Å². The van der Waals surface area contributed by atoms with E-state index >= 15 is 0 Å². The van der Waals surface area contributed by atoms with E-state index in [-0.39, 0.29) is 20.8 Å². The molecule has 0 unspecified atom stereocenters. The minimum absolute atomic E-state index is 0.0227. The lowest BCUT2D eigenvalue weighted by Gasteiger charge is -2.10. The van der Waals surface area contributed by atoms with Gasteiger partial charge in [-0.15, -0.1) is 0 Å². The Bertz CT molecular complexity index is 695. The van der Waals surface area contributed by atoms with Crippen molar-refractivity contribution in [3.63, 3.8) is 0 Å². The first kappa shape index (κ1) is 15.8. The van der Waals surface area contributed by atoms with Gasteiger partial charge in [0.1, 0.15) is 9.53 Å². The first-order valence-electron chi connectivity index (χ1n) is 5.92. The molecule has 0 aliphatic carbocycles. The zero-order valence-corrected chi connectivity index (χ0v) is 12.9. The first-order valence-corrected chi connectivity index (χ1v) is 7.00. The van der Waals surface area contributed by atoms with Crippen molar-refractivity contribution >= 4 is 28.6 Å². The Morgan fingerprint density at radius 2 is 2.10 bits per heavy atom. The number of carboxylic acid groups (broad SMARTS) is 1. The van der Waals surface area contributed by atoms with Gasteiger partial charge in [0.2, 0.25) is 0 Å². The van der Waals surface area contributed by atoms with E-state index < -0.39 is 17.7 Å². The van der Waals surface area contributed by atoms with E-state index in [0.717, 1.165) is 12.1 Å². The van der Waals surface area contributed by atoms with Crippen LogP contribution in [0.4, 0.5) is 13.2 Å². The Hall–Kier alpha value is -1.58. The molecule has 0 spiro atoms. The van der Waals surface area contributed by atoms with Gasteiger partial charge in [0.15, 0.2) is 5.69 Å². The fourth-order valence-corrected chi connectivity index (χ4v) is 2.74. The van der Waals surface area contributed by atoms with Crippen LogP contribution >= 0.6 is 22.6 Å². The molecule has 0 fully saturated rings. The van der Waals surface area contributed by atoms with Gasteiger partial charge in [-0.05, 0) is 41.6 Å². The molecule has 8 heteroatoms. The molecule has 0 saturated heterocycles. The fraction of sp³-hybridized carbons (Fsp3) is 0.231. The van der Waals surface area contributed by atoms with E-state index in [0.29, 0.717) is 6.54 Å². The van der Waals surface area contributed by atoms with Crippen molar-refractivity contribution in [2.24, 2.45) is 0 Å². The zero-order chi connectivity index (χ0) is 15.8. The molecule has 0 bridgehead atoms. The average Bonchev–Trinajstić information content (AvgIpc) is 2.74. The van der Waals surface area contributed by atoms with Crippen LogP contribution in [0.5, 0.6) is 0 Å². The molecule has 1 aromatic heterocycles. The molecule has 0 saturated carbocycles. The Labute approximate surface area is 131 Å². The summed E-state index contributed by atoms with van der Waals surface area (Å²) in [7, 11) is 0. The predicted octanol–water partition coefficient (Wildman–Crippen LogP) is 3.89. The van der Waals surface area contributed by atoms with Gasteiger partial charge in [-0.1, -0.05) is 12.1 Å². The molecule has 0 amide bonds. The molecule has 1 aromatic carbocycles. The average molecular weight is 410 g/mol. The van der Waals surface area contributed by atoms with Crippen molar-refractivity contribution in [2.75, 3.05) is 0 Å². The van der Waals surface area contributed by atoms with E-state index in [4.69, 9.17) is 0 Å². The van der Waals surface area contributed by atoms with E-state index in [1.54, 1.807) is 29.5 Å². The molecule has 0 radical (unpaired) electrons. The number of aromatic nitrogens is 2. The molecule has 1 heterocycles. The van der Waals surface area contributed by atoms with E-state index in [1.807, 2.05) is 0 Å². The number of benzene rings is 1. The van der Waals surface area contributed by atoms with Gasteiger partial charge in [0.05, 0.1) is 5.56 Å². The monoisotopic (exact) mass is 410 g/mol. The quantitative estimate of drug-likeness (QED) is 0.782. The third kappa shape index (κ3) is 3.04. The summed E-state index contributed by atoms with van der Waals surface area (Å²) in [6, 6.07) is 4.69. The van der Waals surface area contributed by atoms with Gasteiger partial charge in [-0.25, -0.2) is 9.78 Å². The van der Waals surface area contributed by atoms with Crippen LogP contribution in [0.1, 0.15) is 23.0 Å². The molecule has 112 valence electrons. The van der Waals surface area contributed by atoms with Crippen LogP contribution in [0, 0.1) is 3.70 Å². The number of hydrogen-bond acceptors (Lipinski definition) is 2. The molecule has 0 aliphatic heterocycles. The second-order valence-electron chi connectivity index (χ2n) is 4.20. The standard InChI is InChI=1S/C13H10F3IN2O2/c1-2-19-9(12(20)21)10(17)18-11(19)7-4-3-5-8(6-7)13(14,15)16/h3-6H,2H2,1H3,(H,20,21). The maximum Gasteiger partial charge on any atom is 0.416 e. The molecule has 21 heavy (non-hydrogen) atoms. The first-order chi connectivity index (χ1) is 9.75. The molecular formula is C13H10F3IN2O2. The van der Waals surface area contributed by atoms with E-state index in [2.05, 4.69) is 4.98 Å².